The third-order valence-corrected chi connectivity index (χ3v) is 4.77. The summed E-state index contributed by atoms with van der Waals surface area (Å²) in [6.45, 7) is 0.343. The standard InChI is InChI=1S/C15H14FN3O3S/c1-23(21,22)19-8-7-11-12(3-2-4-14(11)19)18-15(20)13-6-5-10(16)9-17-13/h2-6,9H,7-8H2,1H3,(H,18,20). The fourth-order valence-corrected chi connectivity index (χ4v) is 3.51. The summed E-state index contributed by atoms with van der Waals surface area (Å²) < 4.78 is 37.7. The first-order chi connectivity index (χ1) is 10.9. The van der Waals surface area contributed by atoms with E-state index in [0.717, 1.165) is 24.1 Å². The van der Waals surface area contributed by atoms with Crippen molar-refractivity contribution in [1.29, 1.82) is 0 Å². The second-order valence-corrected chi connectivity index (χ2v) is 7.11. The van der Waals surface area contributed by atoms with Crippen molar-refractivity contribution in [2.45, 2.75) is 6.42 Å². The molecule has 0 unspecified atom stereocenters. The number of carbonyl (C=O) groups is 1. The Morgan fingerprint density at radius 2 is 2.09 bits per heavy atom. The van der Waals surface area contributed by atoms with E-state index < -0.39 is 21.7 Å². The molecule has 0 atom stereocenters. The van der Waals surface area contributed by atoms with Crippen LogP contribution in [0.4, 0.5) is 15.8 Å². The van der Waals surface area contributed by atoms with Crippen molar-refractivity contribution in [3.05, 3.63) is 53.6 Å². The highest BCUT2D eigenvalue weighted by Crippen LogP contribution is 2.35. The van der Waals surface area contributed by atoms with E-state index in [0.29, 0.717) is 24.3 Å². The molecule has 1 aliphatic heterocycles. The molecule has 1 aliphatic rings. The summed E-state index contributed by atoms with van der Waals surface area (Å²) in [4.78, 5) is 15.9. The van der Waals surface area contributed by atoms with Gasteiger partial charge in [-0.1, -0.05) is 6.07 Å². The predicted molar refractivity (Wildman–Crippen MR) is 84.5 cm³/mol. The van der Waals surface area contributed by atoms with Crippen molar-refractivity contribution in [2.75, 3.05) is 22.4 Å². The van der Waals surface area contributed by atoms with Crippen LogP contribution in [0, 0.1) is 5.82 Å². The topological polar surface area (TPSA) is 79.4 Å². The second-order valence-electron chi connectivity index (χ2n) is 5.20. The maximum Gasteiger partial charge on any atom is 0.274 e. The summed E-state index contributed by atoms with van der Waals surface area (Å²) in [5, 5.41) is 2.70. The quantitative estimate of drug-likeness (QED) is 0.927. The predicted octanol–water partition coefficient (Wildman–Crippen LogP) is 1.80. The first-order valence-electron chi connectivity index (χ1n) is 6.89. The van der Waals surface area contributed by atoms with E-state index in [1.807, 2.05) is 0 Å². The number of pyridine rings is 1. The van der Waals surface area contributed by atoms with Crippen molar-refractivity contribution in [3.8, 4) is 0 Å². The summed E-state index contributed by atoms with van der Waals surface area (Å²) >= 11 is 0. The van der Waals surface area contributed by atoms with Crippen LogP contribution in [0.5, 0.6) is 0 Å². The molecule has 1 aromatic carbocycles. The molecule has 8 heteroatoms. The highest BCUT2D eigenvalue weighted by atomic mass is 32.2. The molecule has 2 aromatic rings. The molecule has 1 amide bonds. The van der Waals surface area contributed by atoms with Crippen molar-refractivity contribution in [3.63, 3.8) is 0 Å². The van der Waals surface area contributed by atoms with Gasteiger partial charge in [-0.3, -0.25) is 9.10 Å². The molecule has 0 spiro atoms. The van der Waals surface area contributed by atoms with Crippen LogP contribution < -0.4 is 9.62 Å². The summed E-state index contributed by atoms with van der Waals surface area (Å²) in [5.74, 6) is -0.998. The van der Waals surface area contributed by atoms with Crippen molar-refractivity contribution < 1.29 is 17.6 Å². The summed E-state index contributed by atoms with van der Waals surface area (Å²) in [5.41, 5.74) is 1.94. The number of nitrogens with zero attached hydrogens (tertiary/aromatic N) is 2. The molecule has 0 saturated heterocycles. The maximum atomic E-state index is 12.9. The average Bonchev–Trinajstić information content (AvgIpc) is 2.93. The van der Waals surface area contributed by atoms with Gasteiger partial charge in [0.2, 0.25) is 10.0 Å². The van der Waals surface area contributed by atoms with Gasteiger partial charge < -0.3 is 5.32 Å². The summed E-state index contributed by atoms with van der Waals surface area (Å²) in [7, 11) is -3.35. The van der Waals surface area contributed by atoms with E-state index in [9.17, 15) is 17.6 Å². The number of benzene rings is 1. The zero-order valence-corrected chi connectivity index (χ0v) is 13.1. The molecule has 0 aliphatic carbocycles. The van der Waals surface area contributed by atoms with Gasteiger partial charge >= 0.3 is 0 Å². The molecule has 23 heavy (non-hydrogen) atoms. The lowest BCUT2D eigenvalue weighted by molar-refractivity contribution is 0.102. The Morgan fingerprint density at radius 1 is 1.30 bits per heavy atom. The number of aromatic nitrogens is 1. The van der Waals surface area contributed by atoms with E-state index in [1.54, 1.807) is 18.2 Å². The van der Waals surface area contributed by atoms with Crippen LogP contribution in [-0.4, -0.2) is 32.1 Å². The Balaban J connectivity index is 1.89. The second kappa shape index (κ2) is 5.62. The monoisotopic (exact) mass is 335 g/mol. The lowest BCUT2D eigenvalue weighted by atomic mass is 10.1. The minimum absolute atomic E-state index is 0.0852. The van der Waals surface area contributed by atoms with Gasteiger partial charge in [0.25, 0.3) is 5.91 Å². The average molecular weight is 335 g/mol. The van der Waals surface area contributed by atoms with Crippen LogP contribution in [-0.2, 0) is 16.4 Å². The molecule has 0 bridgehead atoms. The van der Waals surface area contributed by atoms with Gasteiger partial charge in [0.05, 0.1) is 18.1 Å². The molecular weight excluding hydrogens is 321 g/mol. The van der Waals surface area contributed by atoms with E-state index in [1.165, 1.54) is 10.4 Å². The van der Waals surface area contributed by atoms with E-state index in [-0.39, 0.29) is 5.69 Å². The number of rotatable bonds is 3. The zero-order valence-electron chi connectivity index (χ0n) is 12.3. The molecular formula is C15H14FN3O3S. The number of sulfonamides is 1. The van der Waals surface area contributed by atoms with Crippen LogP contribution in [0.25, 0.3) is 0 Å². The smallest absolute Gasteiger partial charge is 0.274 e. The lowest BCUT2D eigenvalue weighted by Gasteiger charge is -2.17. The molecule has 0 saturated carbocycles. The molecule has 0 radical (unpaired) electrons. The van der Waals surface area contributed by atoms with Crippen LogP contribution >= 0.6 is 0 Å². The van der Waals surface area contributed by atoms with Crippen LogP contribution in [0.15, 0.2) is 36.5 Å². The van der Waals surface area contributed by atoms with Gasteiger partial charge in [0.15, 0.2) is 0 Å². The highest BCUT2D eigenvalue weighted by Gasteiger charge is 2.28. The fourth-order valence-electron chi connectivity index (χ4n) is 2.56. The molecule has 1 aromatic heterocycles. The van der Waals surface area contributed by atoms with Crippen LogP contribution in [0.1, 0.15) is 16.1 Å². The Hall–Kier alpha value is -2.48. The molecule has 2 heterocycles. The first kappa shape index (κ1) is 15.4. The number of anilines is 2. The van der Waals surface area contributed by atoms with Crippen molar-refractivity contribution >= 4 is 27.3 Å². The molecule has 1 N–H and O–H groups in total. The number of nitrogens with one attached hydrogen (secondary N) is 1. The number of fused-ring (bicyclic) bond motifs is 1. The van der Waals surface area contributed by atoms with E-state index in [2.05, 4.69) is 10.3 Å². The Kier molecular flexibility index (Phi) is 3.77. The van der Waals surface area contributed by atoms with Crippen molar-refractivity contribution in [1.82, 2.24) is 4.98 Å². The Morgan fingerprint density at radius 3 is 2.74 bits per heavy atom. The van der Waals surface area contributed by atoms with Gasteiger partial charge in [0.1, 0.15) is 11.5 Å². The third-order valence-electron chi connectivity index (χ3n) is 3.59. The lowest BCUT2D eigenvalue weighted by Crippen LogP contribution is -2.27. The van der Waals surface area contributed by atoms with Gasteiger partial charge in [-0.05, 0) is 30.7 Å². The van der Waals surface area contributed by atoms with Gasteiger partial charge in [-0.15, -0.1) is 0 Å². The number of amides is 1. The number of halogens is 1. The molecule has 3 rings (SSSR count). The first-order valence-corrected chi connectivity index (χ1v) is 8.73. The Labute approximate surface area is 133 Å². The number of hydrogen-bond acceptors (Lipinski definition) is 4. The fraction of sp³-hybridized carbons (Fsp3) is 0.200. The SMILES string of the molecule is CS(=O)(=O)N1CCc2c(NC(=O)c3ccc(F)cn3)cccc21. The van der Waals surface area contributed by atoms with E-state index in [4.69, 9.17) is 0 Å². The summed E-state index contributed by atoms with van der Waals surface area (Å²) in [6, 6.07) is 7.52. The minimum Gasteiger partial charge on any atom is -0.320 e. The minimum atomic E-state index is -3.35. The molecule has 6 nitrogen and oxygen atoms in total. The van der Waals surface area contributed by atoms with Gasteiger partial charge in [-0.25, -0.2) is 17.8 Å². The maximum absolute atomic E-state index is 12.9. The molecule has 0 fully saturated rings. The summed E-state index contributed by atoms with van der Waals surface area (Å²) in [6.07, 6.45) is 2.63. The van der Waals surface area contributed by atoms with Crippen LogP contribution in [0.2, 0.25) is 0 Å². The van der Waals surface area contributed by atoms with Gasteiger partial charge in [-0.2, -0.15) is 0 Å². The number of carbonyl (C=O) groups excluding carboxylic acids is 1. The van der Waals surface area contributed by atoms with Crippen molar-refractivity contribution in [2.24, 2.45) is 0 Å². The van der Waals surface area contributed by atoms with Gasteiger partial charge in [0, 0.05) is 17.8 Å². The molecule has 120 valence electrons. The normalized spacial score (nSPS) is 13.7. The zero-order chi connectivity index (χ0) is 16.6. The largest absolute Gasteiger partial charge is 0.320 e. The van der Waals surface area contributed by atoms with E-state index >= 15 is 0 Å². The highest BCUT2D eigenvalue weighted by molar-refractivity contribution is 7.92. The van der Waals surface area contributed by atoms with Crippen LogP contribution in [0.3, 0.4) is 0 Å². The number of hydrogen-bond donors (Lipinski definition) is 1. The third kappa shape index (κ3) is 3.02. The Bertz CT molecular complexity index is 866.